The van der Waals surface area contributed by atoms with Crippen LogP contribution in [0.2, 0.25) is 0 Å². The van der Waals surface area contributed by atoms with E-state index >= 15 is 8.78 Å². The number of hydrogen-bond acceptors (Lipinski definition) is 2. The number of rotatable bonds is 3. The second-order valence-electron chi connectivity index (χ2n) is 11.9. The molecule has 0 unspecified atom stereocenters. The van der Waals surface area contributed by atoms with Gasteiger partial charge in [0.25, 0.3) is 0 Å². The Bertz CT molecular complexity index is 2470. The molecule has 4 aromatic carbocycles. The standard InChI is InChI=1S/C37H30F2N3O/c1-21-14-15-26-33-27(38)16-23(19-40)34(42-29-12-8-6-10-24(29)25-11-7-9-13-30(25)42)36(33)43-35(26)32(21)31-17-22(18-37(2,3)4)28(39)20-41(31)5/h6-17,20H,18H2,1-5H3/q+1/i16D,18D2,20D. The summed E-state index contributed by atoms with van der Waals surface area (Å²) in [4.78, 5) is 0. The van der Waals surface area contributed by atoms with Crippen LogP contribution >= 0.6 is 0 Å². The van der Waals surface area contributed by atoms with Crippen LogP contribution in [0.5, 0.6) is 0 Å². The number of para-hydroxylation sites is 2. The van der Waals surface area contributed by atoms with E-state index in [2.05, 4.69) is 6.07 Å². The Morgan fingerprint density at radius 3 is 2.23 bits per heavy atom. The third kappa shape index (κ3) is 4.11. The second kappa shape index (κ2) is 9.50. The SMILES string of the molecule is [2H]c1c(C#N)c(-n2c3ccccc3c3ccccc32)c2oc3c(-c4cc(C([2H])([2H])C(C)(C)C)c(F)c([2H])[n+]4C)c(C)ccc3c2c1F. The lowest BCUT2D eigenvalue weighted by Gasteiger charge is -2.18. The zero-order chi connectivity index (χ0) is 33.7. The Labute approximate surface area is 253 Å². The fourth-order valence-electron chi connectivity index (χ4n) is 6.06. The highest BCUT2D eigenvalue weighted by atomic mass is 19.1. The van der Waals surface area contributed by atoms with Crippen LogP contribution in [0, 0.1) is 35.3 Å². The van der Waals surface area contributed by atoms with Gasteiger partial charge in [-0.1, -0.05) is 69.3 Å². The van der Waals surface area contributed by atoms with Crippen molar-refractivity contribution < 1.29 is 23.2 Å². The molecule has 0 atom stereocenters. The maximum absolute atomic E-state index is 16.3. The van der Waals surface area contributed by atoms with E-state index in [-0.39, 0.29) is 33.4 Å². The van der Waals surface area contributed by atoms with Crippen LogP contribution in [0.1, 0.15) is 42.9 Å². The molecule has 0 fully saturated rings. The summed E-state index contributed by atoms with van der Waals surface area (Å²) in [7, 11) is 1.51. The monoisotopic (exact) mass is 574 g/mol. The number of aryl methyl sites for hydroxylation is 1. The molecule has 0 aliphatic rings. The predicted molar refractivity (Wildman–Crippen MR) is 167 cm³/mol. The van der Waals surface area contributed by atoms with Gasteiger partial charge in [-0.15, -0.1) is 0 Å². The van der Waals surface area contributed by atoms with E-state index in [4.69, 9.17) is 9.90 Å². The summed E-state index contributed by atoms with van der Waals surface area (Å²) in [6.45, 7) is 6.79. The molecule has 0 spiro atoms. The molecule has 0 bridgehead atoms. The lowest BCUT2D eigenvalue weighted by atomic mass is 9.87. The van der Waals surface area contributed by atoms with Crippen LogP contribution in [0.3, 0.4) is 0 Å². The highest BCUT2D eigenvalue weighted by Crippen LogP contribution is 2.43. The van der Waals surface area contributed by atoms with E-state index in [1.165, 1.54) is 17.7 Å². The van der Waals surface area contributed by atoms with Crippen LogP contribution in [0.4, 0.5) is 8.78 Å². The lowest BCUT2D eigenvalue weighted by molar-refractivity contribution is -0.662. The van der Waals surface area contributed by atoms with Crippen LogP contribution in [-0.4, -0.2) is 4.57 Å². The van der Waals surface area contributed by atoms with Gasteiger partial charge in [-0.05, 0) is 42.5 Å². The first-order chi connectivity index (χ1) is 22.2. The van der Waals surface area contributed by atoms with Crippen molar-refractivity contribution in [3.63, 3.8) is 0 Å². The summed E-state index contributed by atoms with van der Waals surface area (Å²) in [6.07, 6.45) is -2.67. The normalized spacial score (nSPS) is 13.8. The van der Waals surface area contributed by atoms with Crippen molar-refractivity contribution in [1.82, 2.24) is 4.57 Å². The third-order valence-corrected chi connectivity index (χ3v) is 7.80. The fourth-order valence-corrected chi connectivity index (χ4v) is 6.06. The van der Waals surface area contributed by atoms with Crippen molar-refractivity contribution in [2.75, 3.05) is 0 Å². The molecule has 212 valence electrons. The summed E-state index contributed by atoms with van der Waals surface area (Å²) in [5, 5.41) is 12.5. The molecule has 3 heterocycles. The largest absolute Gasteiger partial charge is 0.453 e. The van der Waals surface area contributed by atoms with Gasteiger partial charge in [0.15, 0.2) is 11.4 Å². The zero-order valence-electron chi connectivity index (χ0n) is 28.4. The topological polar surface area (TPSA) is 45.7 Å². The molecule has 0 aliphatic carbocycles. The van der Waals surface area contributed by atoms with Crippen LogP contribution in [0.25, 0.3) is 60.7 Å². The Morgan fingerprint density at radius 1 is 0.953 bits per heavy atom. The number of nitriles is 1. The molecule has 0 amide bonds. The number of pyridine rings is 1. The summed E-state index contributed by atoms with van der Waals surface area (Å²) in [5.41, 5.74) is 1.88. The Kier molecular flexibility index (Phi) is 4.99. The molecule has 0 N–H and O–H groups in total. The van der Waals surface area contributed by atoms with Gasteiger partial charge in [-0.2, -0.15) is 9.83 Å². The van der Waals surface area contributed by atoms with Crippen molar-refractivity contribution in [2.45, 2.75) is 34.1 Å². The van der Waals surface area contributed by atoms with E-state index in [1.54, 1.807) is 39.8 Å². The van der Waals surface area contributed by atoms with Crippen molar-refractivity contribution in [1.29, 1.82) is 5.26 Å². The molecule has 0 aliphatic heterocycles. The van der Waals surface area contributed by atoms with Crippen molar-refractivity contribution in [2.24, 2.45) is 12.5 Å². The van der Waals surface area contributed by atoms with Crippen molar-refractivity contribution in [3.05, 3.63) is 107 Å². The first-order valence-electron chi connectivity index (χ1n) is 16.0. The average Bonchev–Trinajstić information content (AvgIpc) is 3.58. The minimum Gasteiger partial charge on any atom is -0.453 e. The van der Waals surface area contributed by atoms with Crippen molar-refractivity contribution >= 4 is 43.7 Å². The molecule has 4 nitrogen and oxygen atoms in total. The van der Waals surface area contributed by atoms with E-state index in [9.17, 15) is 5.26 Å². The van der Waals surface area contributed by atoms with Gasteiger partial charge in [0.1, 0.15) is 31.6 Å². The van der Waals surface area contributed by atoms with Crippen LogP contribution in [-0.2, 0) is 13.4 Å². The number of nitrogens with zero attached hydrogens (tertiary/aromatic N) is 3. The Hall–Kier alpha value is -5.02. The quantitative estimate of drug-likeness (QED) is 0.198. The average molecular weight is 575 g/mol. The lowest BCUT2D eigenvalue weighted by Crippen LogP contribution is -2.32. The van der Waals surface area contributed by atoms with Gasteiger partial charge < -0.3 is 8.98 Å². The molecule has 6 heteroatoms. The summed E-state index contributed by atoms with van der Waals surface area (Å²) < 4.78 is 76.8. The van der Waals surface area contributed by atoms with E-state index in [1.807, 2.05) is 53.1 Å². The Balaban J connectivity index is 1.66. The van der Waals surface area contributed by atoms with Gasteiger partial charge in [-0.25, -0.2) is 8.78 Å². The van der Waals surface area contributed by atoms with Crippen LogP contribution in [0.15, 0.2) is 83.4 Å². The maximum atomic E-state index is 16.3. The molecule has 7 rings (SSSR count). The number of aromatic nitrogens is 2. The van der Waals surface area contributed by atoms with Gasteiger partial charge in [0.2, 0.25) is 11.9 Å². The maximum Gasteiger partial charge on any atom is 0.216 e. The molecule has 7 aromatic rings. The van der Waals surface area contributed by atoms with Gasteiger partial charge in [-0.3, -0.25) is 0 Å². The molecule has 3 aromatic heterocycles. The predicted octanol–water partition coefficient (Wildman–Crippen LogP) is 9.22. The first-order valence-corrected chi connectivity index (χ1v) is 14.0. The molecular weight excluding hydrogens is 540 g/mol. The van der Waals surface area contributed by atoms with Gasteiger partial charge >= 0.3 is 0 Å². The summed E-state index contributed by atoms with van der Waals surface area (Å²) in [5.74, 6) is -1.88. The number of benzene rings is 4. The Morgan fingerprint density at radius 2 is 1.60 bits per heavy atom. The highest BCUT2D eigenvalue weighted by molar-refractivity contribution is 6.15. The minimum absolute atomic E-state index is 0.0169. The number of halogens is 2. The zero-order valence-corrected chi connectivity index (χ0v) is 24.4. The third-order valence-electron chi connectivity index (χ3n) is 7.80. The van der Waals surface area contributed by atoms with Gasteiger partial charge in [0.05, 0.1) is 28.9 Å². The fraction of sp³-hybridized carbons (Fsp3) is 0.189. The van der Waals surface area contributed by atoms with E-state index in [0.717, 1.165) is 21.8 Å². The number of furan rings is 1. The summed E-state index contributed by atoms with van der Waals surface area (Å²) in [6, 6.07) is 21.6. The molecule has 0 radical (unpaired) electrons. The molecule has 43 heavy (non-hydrogen) atoms. The van der Waals surface area contributed by atoms with Crippen molar-refractivity contribution in [3.8, 4) is 23.0 Å². The van der Waals surface area contributed by atoms with Crippen LogP contribution < -0.4 is 4.57 Å². The molecule has 0 saturated heterocycles. The smallest absolute Gasteiger partial charge is 0.216 e. The number of fused-ring (bicyclic) bond motifs is 6. The number of hydrogen-bond donors (Lipinski definition) is 0. The first kappa shape index (κ1) is 22.6. The van der Waals surface area contributed by atoms with Gasteiger partial charge in [0, 0.05) is 30.5 Å². The summed E-state index contributed by atoms with van der Waals surface area (Å²) >= 11 is 0. The second-order valence-corrected chi connectivity index (χ2v) is 11.9. The molecule has 0 saturated carbocycles. The van der Waals surface area contributed by atoms with E-state index in [0.29, 0.717) is 22.2 Å². The minimum atomic E-state index is -2.15. The highest BCUT2D eigenvalue weighted by Gasteiger charge is 2.28. The van der Waals surface area contributed by atoms with E-state index < -0.39 is 35.6 Å². The molecular formula is C37H30F2N3O+.